The average Bonchev–Trinajstić information content (AvgIpc) is 3.39. The van der Waals surface area contributed by atoms with Gasteiger partial charge in [-0.25, -0.2) is 4.98 Å². The molecular weight excluding hydrogens is 388 g/mol. The maximum Gasteiger partial charge on any atom is 0.234 e. The Labute approximate surface area is 182 Å². The predicted octanol–water partition coefficient (Wildman–Crippen LogP) is 4.89. The number of rotatable bonds is 4. The minimum atomic E-state index is -0.572. The van der Waals surface area contributed by atoms with Gasteiger partial charge in [-0.1, -0.05) is 41.6 Å². The molecule has 3 heterocycles. The van der Waals surface area contributed by atoms with Gasteiger partial charge in [0.1, 0.15) is 5.75 Å². The number of piperidine rings is 1. The molecule has 1 fully saturated rings. The lowest BCUT2D eigenvalue weighted by molar-refractivity contribution is -0.0912. The van der Waals surface area contributed by atoms with Gasteiger partial charge >= 0.3 is 0 Å². The molecule has 0 amide bonds. The molecule has 0 spiro atoms. The second-order valence-electron chi connectivity index (χ2n) is 8.13. The molecule has 158 valence electrons. The van der Waals surface area contributed by atoms with E-state index >= 15 is 0 Å². The van der Waals surface area contributed by atoms with Crippen LogP contribution in [0.3, 0.4) is 0 Å². The Hall–Kier alpha value is -3.54. The highest BCUT2D eigenvalue weighted by Gasteiger charge is 2.45. The average molecular weight is 415 g/mol. The van der Waals surface area contributed by atoms with Crippen molar-refractivity contribution in [1.29, 1.82) is 0 Å². The van der Waals surface area contributed by atoms with E-state index in [4.69, 9.17) is 9.57 Å². The van der Waals surface area contributed by atoms with E-state index in [0.29, 0.717) is 0 Å². The van der Waals surface area contributed by atoms with Crippen molar-refractivity contribution in [1.82, 2.24) is 14.5 Å². The third-order valence-corrected chi connectivity index (χ3v) is 6.04. The summed E-state index contributed by atoms with van der Waals surface area (Å²) in [6.07, 6.45) is 8.01. The van der Waals surface area contributed by atoms with Crippen LogP contribution >= 0.6 is 0 Å². The van der Waals surface area contributed by atoms with Crippen LogP contribution in [0.1, 0.15) is 36.6 Å². The van der Waals surface area contributed by atoms with Gasteiger partial charge < -0.3 is 19.0 Å². The van der Waals surface area contributed by atoms with Gasteiger partial charge in [-0.2, -0.15) is 0 Å². The number of fused-ring (bicyclic) bond motifs is 1. The number of methoxy groups -OCH3 is 1. The molecule has 3 aromatic rings. The monoisotopic (exact) mass is 414 g/mol. The summed E-state index contributed by atoms with van der Waals surface area (Å²) in [5, 5.41) is 4.51. The first-order valence-corrected chi connectivity index (χ1v) is 10.6. The topological polar surface area (TPSA) is 51.9 Å². The van der Waals surface area contributed by atoms with Gasteiger partial charge in [0.15, 0.2) is 5.84 Å². The van der Waals surface area contributed by atoms with Crippen LogP contribution in [0.5, 0.6) is 5.75 Å². The molecule has 6 heteroatoms. The van der Waals surface area contributed by atoms with Gasteiger partial charge in [0.2, 0.25) is 5.72 Å². The summed E-state index contributed by atoms with van der Waals surface area (Å²) in [4.78, 5) is 12.6. The van der Waals surface area contributed by atoms with E-state index in [1.807, 2.05) is 35.9 Å². The first-order valence-electron chi connectivity index (χ1n) is 10.6. The number of ether oxygens (including phenoxy) is 1. The predicted molar refractivity (Wildman–Crippen MR) is 121 cm³/mol. The van der Waals surface area contributed by atoms with E-state index in [0.717, 1.165) is 53.5 Å². The minimum Gasteiger partial charge on any atom is -0.495 e. The zero-order valence-electron chi connectivity index (χ0n) is 18.1. The fourth-order valence-electron chi connectivity index (χ4n) is 4.37. The molecule has 0 saturated carbocycles. The van der Waals surface area contributed by atoms with Gasteiger partial charge in [-0.3, -0.25) is 0 Å². The van der Waals surface area contributed by atoms with Gasteiger partial charge in [-0.15, -0.1) is 0 Å². The normalized spacial score (nSPS) is 21.6. The molecule has 0 N–H and O–H groups in total. The van der Waals surface area contributed by atoms with E-state index in [9.17, 15) is 0 Å². The van der Waals surface area contributed by atoms with E-state index in [1.54, 1.807) is 13.4 Å². The van der Waals surface area contributed by atoms with Crippen molar-refractivity contribution in [3.63, 3.8) is 0 Å². The third kappa shape index (κ3) is 3.38. The molecular formula is C25H26N4O2. The second-order valence-corrected chi connectivity index (χ2v) is 8.13. The summed E-state index contributed by atoms with van der Waals surface area (Å²) in [5.41, 5.74) is 4.72. The SMILES string of the molecule is COc1cc(/C=C2\CCCN3C2=NOC3(C)c2ccccc2)ccc1-n1cnc(C)c1. The van der Waals surface area contributed by atoms with Crippen molar-refractivity contribution < 1.29 is 9.57 Å². The molecule has 31 heavy (non-hydrogen) atoms. The zero-order chi connectivity index (χ0) is 21.4. The molecule has 1 aromatic heterocycles. The van der Waals surface area contributed by atoms with Gasteiger partial charge in [0.25, 0.3) is 0 Å². The highest BCUT2D eigenvalue weighted by molar-refractivity contribution is 6.03. The Morgan fingerprint density at radius 3 is 2.74 bits per heavy atom. The summed E-state index contributed by atoms with van der Waals surface area (Å²) in [5.74, 6) is 1.73. The molecule has 6 nitrogen and oxygen atoms in total. The van der Waals surface area contributed by atoms with Crippen LogP contribution in [-0.4, -0.2) is 33.9 Å². The quantitative estimate of drug-likeness (QED) is 0.610. The van der Waals surface area contributed by atoms with Crippen molar-refractivity contribution in [2.75, 3.05) is 13.7 Å². The zero-order valence-corrected chi connectivity index (χ0v) is 18.1. The molecule has 1 unspecified atom stereocenters. The number of hydrogen-bond acceptors (Lipinski definition) is 5. The Bertz CT molecular complexity index is 1170. The van der Waals surface area contributed by atoms with Crippen molar-refractivity contribution >= 4 is 11.9 Å². The first-order chi connectivity index (χ1) is 15.1. The van der Waals surface area contributed by atoms with E-state index in [2.05, 4.69) is 58.4 Å². The van der Waals surface area contributed by atoms with Crippen molar-refractivity contribution in [2.45, 2.75) is 32.4 Å². The van der Waals surface area contributed by atoms with Crippen LogP contribution in [0.2, 0.25) is 0 Å². The number of aryl methyl sites for hydroxylation is 1. The maximum atomic E-state index is 6.00. The maximum absolute atomic E-state index is 6.00. The Balaban J connectivity index is 1.46. The summed E-state index contributed by atoms with van der Waals surface area (Å²) < 4.78 is 7.65. The largest absolute Gasteiger partial charge is 0.495 e. The number of oxime groups is 1. The minimum absolute atomic E-state index is 0.572. The molecule has 0 bridgehead atoms. The van der Waals surface area contributed by atoms with E-state index in [-0.39, 0.29) is 0 Å². The van der Waals surface area contributed by atoms with Crippen LogP contribution in [-0.2, 0) is 10.6 Å². The van der Waals surface area contributed by atoms with Crippen LogP contribution < -0.4 is 4.74 Å². The lowest BCUT2D eigenvalue weighted by Gasteiger charge is -2.37. The number of aromatic nitrogens is 2. The van der Waals surface area contributed by atoms with E-state index < -0.39 is 5.72 Å². The summed E-state index contributed by atoms with van der Waals surface area (Å²) in [7, 11) is 1.70. The molecule has 0 aliphatic carbocycles. The highest BCUT2D eigenvalue weighted by Crippen LogP contribution is 2.40. The number of amidine groups is 1. The lowest BCUT2D eigenvalue weighted by Crippen LogP contribution is -2.46. The van der Waals surface area contributed by atoms with Crippen LogP contribution in [0.25, 0.3) is 11.8 Å². The van der Waals surface area contributed by atoms with E-state index in [1.165, 1.54) is 5.57 Å². The van der Waals surface area contributed by atoms with Crippen LogP contribution in [0, 0.1) is 6.92 Å². The highest BCUT2D eigenvalue weighted by atomic mass is 16.7. The molecule has 5 rings (SSSR count). The summed E-state index contributed by atoms with van der Waals surface area (Å²) >= 11 is 0. The standard InChI is InChI=1S/C25H26N4O2/c1-18-16-28(17-26-18)22-12-11-19(15-23(22)30-3)14-20-8-7-13-29-24(20)27-31-25(29,2)21-9-5-4-6-10-21/h4-6,9-12,14-17H,7-8,13H2,1-3H3/b20-14+. The summed E-state index contributed by atoms with van der Waals surface area (Å²) in [6.45, 7) is 4.99. The lowest BCUT2D eigenvalue weighted by atomic mass is 9.95. The fraction of sp³-hybridized carbons (Fsp3) is 0.280. The number of hydrogen-bond donors (Lipinski definition) is 0. The molecule has 1 atom stereocenters. The Morgan fingerprint density at radius 2 is 2.00 bits per heavy atom. The molecule has 2 aliphatic rings. The van der Waals surface area contributed by atoms with Gasteiger partial charge in [0, 0.05) is 25.2 Å². The second kappa shape index (κ2) is 7.61. The molecule has 2 aromatic carbocycles. The number of nitrogens with zero attached hydrogens (tertiary/aromatic N) is 4. The van der Waals surface area contributed by atoms with Crippen molar-refractivity contribution in [2.24, 2.45) is 5.16 Å². The number of benzene rings is 2. The van der Waals surface area contributed by atoms with Gasteiger partial charge in [0.05, 0.1) is 24.8 Å². The Morgan fingerprint density at radius 1 is 1.16 bits per heavy atom. The molecule has 1 saturated heterocycles. The van der Waals surface area contributed by atoms with Crippen LogP contribution in [0.4, 0.5) is 0 Å². The van der Waals surface area contributed by atoms with Crippen LogP contribution in [0.15, 0.2) is 71.8 Å². The van der Waals surface area contributed by atoms with Gasteiger partial charge in [-0.05, 0) is 49.1 Å². The third-order valence-electron chi connectivity index (χ3n) is 6.04. The molecule has 0 radical (unpaired) electrons. The first kappa shape index (κ1) is 19.4. The smallest absolute Gasteiger partial charge is 0.234 e. The Kier molecular flexibility index (Phi) is 4.77. The summed E-state index contributed by atoms with van der Waals surface area (Å²) in [6, 6.07) is 16.5. The molecule has 2 aliphatic heterocycles. The number of imidazole rings is 1. The van der Waals surface area contributed by atoms with Crippen molar-refractivity contribution in [3.8, 4) is 11.4 Å². The fourth-order valence-corrected chi connectivity index (χ4v) is 4.37. The van der Waals surface area contributed by atoms with Crippen molar-refractivity contribution in [3.05, 3.63) is 83.4 Å².